The van der Waals surface area contributed by atoms with Gasteiger partial charge in [0.2, 0.25) is 5.91 Å². The van der Waals surface area contributed by atoms with Crippen molar-refractivity contribution in [3.63, 3.8) is 0 Å². The van der Waals surface area contributed by atoms with Gasteiger partial charge in [0.1, 0.15) is 0 Å². The van der Waals surface area contributed by atoms with Gasteiger partial charge in [0, 0.05) is 19.5 Å². The molecule has 0 N–H and O–H groups in total. The molecule has 0 aromatic heterocycles. The Bertz CT molecular complexity index is 300. The number of hydrogen-bond acceptors (Lipinski definition) is 3. The molecule has 0 aromatic rings. The number of hydrogen-bond donors (Lipinski definition) is 0. The van der Waals surface area contributed by atoms with Crippen molar-refractivity contribution >= 4 is 5.91 Å². The minimum Gasteiger partial charge on any atom is -0.333 e. The van der Waals surface area contributed by atoms with Crippen LogP contribution in [0.2, 0.25) is 0 Å². The summed E-state index contributed by atoms with van der Waals surface area (Å²) in [5, 5.41) is 0. The average Bonchev–Trinajstić information content (AvgIpc) is 2.39. The van der Waals surface area contributed by atoms with Crippen LogP contribution in [0.5, 0.6) is 0 Å². The number of carbonyl (C=O) groups excluding carboxylic acids is 1. The molecule has 2 unspecified atom stereocenters. The maximum absolute atomic E-state index is 12.5. The van der Waals surface area contributed by atoms with Crippen molar-refractivity contribution in [3.8, 4) is 0 Å². The molecule has 0 radical (unpaired) electrons. The summed E-state index contributed by atoms with van der Waals surface area (Å²) in [5.74, 6) is 0.865. The van der Waals surface area contributed by atoms with Crippen LogP contribution >= 0.6 is 0 Å². The smallest absolute Gasteiger partial charge is 0.227 e. The zero-order valence-electron chi connectivity index (χ0n) is 14.4. The Morgan fingerprint density at radius 3 is 2.05 bits per heavy atom. The first-order chi connectivity index (χ1) is 9.41. The van der Waals surface area contributed by atoms with Crippen molar-refractivity contribution in [1.82, 2.24) is 14.7 Å². The fourth-order valence-corrected chi connectivity index (χ4v) is 2.62. The van der Waals surface area contributed by atoms with E-state index in [1.165, 1.54) is 0 Å². The molecular formula is C16H33N3O. The van der Waals surface area contributed by atoms with E-state index in [1.54, 1.807) is 0 Å². The molecule has 4 heteroatoms. The van der Waals surface area contributed by atoms with E-state index in [-0.39, 0.29) is 11.8 Å². The Morgan fingerprint density at radius 2 is 1.55 bits per heavy atom. The Morgan fingerprint density at radius 1 is 1.00 bits per heavy atom. The van der Waals surface area contributed by atoms with Crippen LogP contribution in [-0.4, -0.2) is 69.1 Å². The Balaban J connectivity index is 0.00000172. The number of carbonyl (C=O) groups is 1. The van der Waals surface area contributed by atoms with Crippen molar-refractivity contribution in [2.24, 2.45) is 11.8 Å². The van der Waals surface area contributed by atoms with E-state index in [4.69, 9.17) is 0 Å². The molecule has 0 fully saturated rings. The highest BCUT2D eigenvalue weighted by Crippen LogP contribution is 2.27. The van der Waals surface area contributed by atoms with Gasteiger partial charge in [-0.05, 0) is 47.0 Å². The summed E-state index contributed by atoms with van der Waals surface area (Å²) < 4.78 is 0. The van der Waals surface area contributed by atoms with E-state index in [1.807, 2.05) is 44.8 Å². The predicted molar refractivity (Wildman–Crippen MR) is 86.6 cm³/mol. The highest BCUT2D eigenvalue weighted by Gasteiger charge is 2.31. The summed E-state index contributed by atoms with van der Waals surface area (Å²) in [6.07, 6.45) is 6.27. The van der Waals surface area contributed by atoms with Crippen molar-refractivity contribution in [2.45, 2.75) is 26.7 Å². The molecule has 1 aliphatic carbocycles. The lowest BCUT2D eigenvalue weighted by molar-refractivity contribution is -0.137. The molecule has 0 aromatic carbocycles. The highest BCUT2D eigenvalue weighted by atomic mass is 16.2. The van der Waals surface area contributed by atoms with Crippen LogP contribution < -0.4 is 0 Å². The second-order valence-corrected chi connectivity index (χ2v) is 5.83. The first-order valence-electron chi connectivity index (χ1n) is 7.61. The molecule has 0 saturated heterocycles. The monoisotopic (exact) mass is 283 g/mol. The van der Waals surface area contributed by atoms with Crippen LogP contribution in [0.15, 0.2) is 12.2 Å². The van der Waals surface area contributed by atoms with Crippen LogP contribution in [0.3, 0.4) is 0 Å². The van der Waals surface area contributed by atoms with Crippen LogP contribution in [0.4, 0.5) is 0 Å². The maximum Gasteiger partial charge on any atom is 0.227 e. The van der Waals surface area contributed by atoms with Gasteiger partial charge in [-0.1, -0.05) is 26.0 Å². The SMILES string of the molecule is CC.CN(C)CC1CC=CCC1C(=O)N(C)CN(C)C. The van der Waals surface area contributed by atoms with Gasteiger partial charge < -0.3 is 9.80 Å². The molecule has 0 heterocycles. The fraction of sp³-hybridized carbons (Fsp3) is 0.812. The van der Waals surface area contributed by atoms with Crippen LogP contribution in [-0.2, 0) is 4.79 Å². The zero-order valence-corrected chi connectivity index (χ0v) is 14.4. The number of nitrogens with zero attached hydrogens (tertiary/aromatic N) is 3. The van der Waals surface area contributed by atoms with Crippen molar-refractivity contribution < 1.29 is 4.79 Å². The summed E-state index contributed by atoms with van der Waals surface area (Å²) in [7, 11) is 10.0. The van der Waals surface area contributed by atoms with Gasteiger partial charge in [-0.3, -0.25) is 9.69 Å². The van der Waals surface area contributed by atoms with Crippen molar-refractivity contribution in [2.75, 3.05) is 48.5 Å². The second kappa shape index (κ2) is 9.94. The predicted octanol–water partition coefficient (Wildman–Crippen LogP) is 2.13. The molecule has 1 rings (SSSR count). The number of allylic oxidation sites excluding steroid dienone is 2. The molecule has 2 atom stereocenters. The summed E-state index contributed by atoms with van der Waals surface area (Å²) in [5.41, 5.74) is 0. The normalized spacial score (nSPS) is 21.6. The fourth-order valence-electron chi connectivity index (χ4n) is 2.62. The lowest BCUT2D eigenvalue weighted by Crippen LogP contribution is -2.43. The molecular weight excluding hydrogens is 250 g/mol. The van der Waals surface area contributed by atoms with Gasteiger partial charge in [0.25, 0.3) is 0 Å². The Hall–Kier alpha value is -0.870. The third kappa shape index (κ3) is 6.53. The van der Waals surface area contributed by atoms with E-state index in [0.717, 1.165) is 19.4 Å². The Kier molecular flexibility index (Phi) is 9.51. The molecule has 4 nitrogen and oxygen atoms in total. The minimum absolute atomic E-state index is 0.141. The molecule has 118 valence electrons. The molecule has 1 aliphatic rings. The van der Waals surface area contributed by atoms with Gasteiger partial charge in [-0.2, -0.15) is 0 Å². The molecule has 0 spiro atoms. The largest absolute Gasteiger partial charge is 0.333 e. The number of amides is 1. The summed E-state index contributed by atoms with van der Waals surface area (Å²) >= 11 is 0. The third-order valence-electron chi connectivity index (χ3n) is 3.35. The van der Waals surface area contributed by atoms with E-state index in [0.29, 0.717) is 12.6 Å². The van der Waals surface area contributed by atoms with E-state index >= 15 is 0 Å². The van der Waals surface area contributed by atoms with Gasteiger partial charge in [0.05, 0.1) is 6.67 Å². The quantitative estimate of drug-likeness (QED) is 0.571. The van der Waals surface area contributed by atoms with Crippen LogP contribution in [0, 0.1) is 11.8 Å². The lowest BCUT2D eigenvalue weighted by atomic mass is 9.82. The topological polar surface area (TPSA) is 26.8 Å². The van der Waals surface area contributed by atoms with Crippen LogP contribution in [0.1, 0.15) is 26.7 Å². The zero-order chi connectivity index (χ0) is 15.7. The van der Waals surface area contributed by atoms with Gasteiger partial charge in [-0.25, -0.2) is 0 Å². The lowest BCUT2D eigenvalue weighted by Gasteiger charge is -2.33. The first-order valence-corrected chi connectivity index (χ1v) is 7.61. The van der Waals surface area contributed by atoms with Gasteiger partial charge in [0.15, 0.2) is 0 Å². The number of rotatable bonds is 5. The van der Waals surface area contributed by atoms with E-state index in [9.17, 15) is 4.79 Å². The summed E-state index contributed by atoms with van der Waals surface area (Å²) in [6.45, 7) is 5.67. The van der Waals surface area contributed by atoms with Crippen molar-refractivity contribution in [1.29, 1.82) is 0 Å². The molecule has 0 aliphatic heterocycles. The standard InChI is InChI=1S/C14H27N3O.C2H6/c1-15(2)10-12-8-6-7-9-13(12)14(18)17(5)11-16(3)4;1-2/h6-7,12-13H,8-11H2,1-5H3;1-2H3. The first kappa shape index (κ1) is 19.1. The highest BCUT2D eigenvalue weighted by molar-refractivity contribution is 5.79. The Labute approximate surface area is 125 Å². The summed E-state index contributed by atoms with van der Waals surface area (Å²) in [4.78, 5) is 18.5. The average molecular weight is 283 g/mol. The molecule has 0 bridgehead atoms. The van der Waals surface area contributed by atoms with Crippen molar-refractivity contribution in [3.05, 3.63) is 12.2 Å². The maximum atomic E-state index is 12.5. The summed E-state index contributed by atoms with van der Waals surface area (Å²) in [6, 6.07) is 0. The third-order valence-corrected chi connectivity index (χ3v) is 3.35. The van der Waals surface area contributed by atoms with E-state index in [2.05, 4.69) is 31.1 Å². The van der Waals surface area contributed by atoms with E-state index < -0.39 is 0 Å². The second-order valence-electron chi connectivity index (χ2n) is 5.83. The van der Waals surface area contributed by atoms with Gasteiger partial charge >= 0.3 is 0 Å². The van der Waals surface area contributed by atoms with Crippen LogP contribution in [0.25, 0.3) is 0 Å². The van der Waals surface area contributed by atoms with Gasteiger partial charge in [-0.15, -0.1) is 0 Å². The minimum atomic E-state index is 0.141. The molecule has 20 heavy (non-hydrogen) atoms. The molecule has 0 saturated carbocycles. The molecule has 1 amide bonds.